The van der Waals surface area contributed by atoms with Gasteiger partial charge in [0.05, 0.1) is 6.10 Å². The van der Waals surface area contributed by atoms with Crippen molar-refractivity contribution in [2.45, 2.75) is 53.2 Å². The summed E-state index contributed by atoms with van der Waals surface area (Å²) in [4.78, 5) is 2.54. The minimum absolute atomic E-state index is 0.261. The molecule has 1 fully saturated rings. The molecule has 90 valence electrons. The predicted octanol–water partition coefficient (Wildman–Crippen LogP) is 2.78. The van der Waals surface area contributed by atoms with Crippen LogP contribution in [0.3, 0.4) is 0 Å². The van der Waals surface area contributed by atoms with E-state index in [4.69, 9.17) is 4.74 Å². The first-order chi connectivity index (χ1) is 6.66. The van der Waals surface area contributed by atoms with Crippen molar-refractivity contribution < 1.29 is 4.74 Å². The summed E-state index contributed by atoms with van der Waals surface area (Å²) < 4.78 is 5.63. The highest BCUT2D eigenvalue weighted by molar-refractivity contribution is 4.95. The van der Waals surface area contributed by atoms with Crippen molar-refractivity contribution in [2.24, 2.45) is 11.3 Å². The van der Waals surface area contributed by atoms with Gasteiger partial charge in [-0.2, -0.15) is 0 Å². The van der Waals surface area contributed by atoms with Crippen LogP contribution in [0.25, 0.3) is 0 Å². The fourth-order valence-corrected chi connectivity index (χ4v) is 2.39. The Morgan fingerprint density at radius 1 is 1.00 bits per heavy atom. The van der Waals surface area contributed by atoms with Gasteiger partial charge in [0.2, 0.25) is 0 Å². The number of rotatable bonds is 1. The molecule has 0 bridgehead atoms. The third-order valence-electron chi connectivity index (χ3n) is 3.63. The summed E-state index contributed by atoms with van der Waals surface area (Å²) in [5.74, 6) is 0.640. The molecule has 1 aliphatic rings. The number of ether oxygens (including phenoxy) is 1. The average molecular weight is 213 g/mol. The molecule has 1 aliphatic heterocycles. The molecule has 0 aromatic heterocycles. The van der Waals surface area contributed by atoms with Gasteiger partial charge in [0.25, 0.3) is 0 Å². The standard InChI is InChI=1S/C13H27NO/c1-12(2,3)10-8-14(13(4,5)6)9-11(10)15-7/h10-11H,8-9H2,1-7H3/t10?,11-/m1/s1. The van der Waals surface area contributed by atoms with Gasteiger partial charge >= 0.3 is 0 Å². The van der Waals surface area contributed by atoms with E-state index in [9.17, 15) is 0 Å². The lowest BCUT2D eigenvalue weighted by molar-refractivity contribution is 0.0372. The molecule has 2 atom stereocenters. The van der Waals surface area contributed by atoms with Gasteiger partial charge in [0, 0.05) is 31.7 Å². The molecule has 2 nitrogen and oxygen atoms in total. The summed E-state index contributed by atoms with van der Waals surface area (Å²) >= 11 is 0. The minimum Gasteiger partial charge on any atom is -0.380 e. The van der Waals surface area contributed by atoms with Crippen molar-refractivity contribution in [2.75, 3.05) is 20.2 Å². The van der Waals surface area contributed by atoms with E-state index in [0.29, 0.717) is 17.4 Å². The molecule has 0 amide bonds. The van der Waals surface area contributed by atoms with Gasteiger partial charge in [-0.05, 0) is 26.2 Å². The van der Waals surface area contributed by atoms with Gasteiger partial charge in [0.15, 0.2) is 0 Å². The average Bonchev–Trinajstić information content (AvgIpc) is 2.44. The van der Waals surface area contributed by atoms with Crippen LogP contribution in [0, 0.1) is 11.3 Å². The van der Waals surface area contributed by atoms with Crippen LogP contribution >= 0.6 is 0 Å². The Bertz CT molecular complexity index is 212. The molecular formula is C13H27NO. The number of methoxy groups -OCH3 is 1. The lowest BCUT2D eigenvalue weighted by Gasteiger charge is -2.33. The van der Waals surface area contributed by atoms with Crippen LogP contribution in [0.5, 0.6) is 0 Å². The van der Waals surface area contributed by atoms with E-state index in [2.05, 4.69) is 46.4 Å². The number of likely N-dealkylation sites (tertiary alicyclic amines) is 1. The SMILES string of the molecule is CO[C@@H]1CN(C(C)(C)C)CC1C(C)(C)C. The number of nitrogens with zero attached hydrogens (tertiary/aromatic N) is 1. The molecule has 1 rings (SSSR count). The van der Waals surface area contributed by atoms with Gasteiger partial charge < -0.3 is 4.74 Å². The molecule has 0 spiro atoms. The van der Waals surface area contributed by atoms with E-state index in [0.717, 1.165) is 13.1 Å². The highest BCUT2D eigenvalue weighted by Gasteiger charge is 2.42. The van der Waals surface area contributed by atoms with E-state index in [1.165, 1.54) is 0 Å². The molecule has 0 aliphatic carbocycles. The van der Waals surface area contributed by atoms with Gasteiger partial charge in [0.1, 0.15) is 0 Å². The zero-order valence-electron chi connectivity index (χ0n) is 11.4. The van der Waals surface area contributed by atoms with E-state index in [-0.39, 0.29) is 5.54 Å². The van der Waals surface area contributed by atoms with Crippen molar-refractivity contribution in [3.63, 3.8) is 0 Å². The molecule has 0 N–H and O–H groups in total. The largest absolute Gasteiger partial charge is 0.380 e. The molecule has 0 aromatic carbocycles. The van der Waals surface area contributed by atoms with Gasteiger partial charge in [-0.1, -0.05) is 20.8 Å². The van der Waals surface area contributed by atoms with E-state index in [1.807, 2.05) is 7.11 Å². The normalized spacial score (nSPS) is 29.8. The molecule has 0 saturated carbocycles. The fraction of sp³-hybridized carbons (Fsp3) is 1.00. The molecule has 1 unspecified atom stereocenters. The maximum atomic E-state index is 5.63. The van der Waals surface area contributed by atoms with Crippen molar-refractivity contribution >= 4 is 0 Å². The Balaban J connectivity index is 2.76. The second kappa shape index (κ2) is 4.06. The lowest BCUT2D eigenvalue weighted by atomic mass is 9.79. The Hall–Kier alpha value is -0.0800. The third-order valence-corrected chi connectivity index (χ3v) is 3.63. The first-order valence-electron chi connectivity index (χ1n) is 5.94. The molecule has 1 saturated heterocycles. The van der Waals surface area contributed by atoms with Crippen molar-refractivity contribution in [3.05, 3.63) is 0 Å². The summed E-state index contributed by atoms with van der Waals surface area (Å²) in [5.41, 5.74) is 0.595. The van der Waals surface area contributed by atoms with Crippen LogP contribution in [0.1, 0.15) is 41.5 Å². The van der Waals surface area contributed by atoms with Crippen LogP contribution in [-0.4, -0.2) is 36.7 Å². The maximum Gasteiger partial charge on any atom is 0.0743 e. The molecule has 2 heteroatoms. The van der Waals surface area contributed by atoms with E-state index >= 15 is 0 Å². The first kappa shape index (κ1) is 13.0. The quantitative estimate of drug-likeness (QED) is 0.664. The summed E-state index contributed by atoms with van der Waals surface area (Å²) in [7, 11) is 1.84. The maximum absolute atomic E-state index is 5.63. The molecular weight excluding hydrogens is 186 g/mol. The highest BCUT2D eigenvalue weighted by atomic mass is 16.5. The van der Waals surface area contributed by atoms with Crippen LogP contribution in [0.15, 0.2) is 0 Å². The molecule has 0 aromatic rings. The summed E-state index contributed by atoms with van der Waals surface area (Å²) in [6.45, 7) is 16.0. The Morgan fingerprint density at radius 2 is 1.53 bits per heavy atom. The molecule has 15 heavy (non-hydrogen) atoms. The Morgan fingerprint density at radius 3 is 1.80 bits per heavy atom. The molecule has 1 heterocycles. The predicted molar refractivity (Wildman–Crippen MR) is 65.1 cm³/mol. The van der Waals surface area contributed by atoms with Crippen LogP contribution in [0.2, 0.25) is 0 Å². The van der Waals surface area contributed by atoms with E-state index < -0.39 is 0 Å². The topological polar surface area (TPSA) is 12.5 Å². The summed E-state index contributed by atoms with van der Waals surface area (Å²) in [5, 5.41) is 0. The zero-order valence-corrected chi connectivity index (χ0v) is 11.4. The molecule has 0 radical (unpaired) electrons. The van der Waals surface area contributed by atoms with Crippen molar-refractivity contribution in [1.82, 2.24) is 4.90 Å². The lowest BCUT2D eigenvalue weighted by Crippen LogP contribution is -2.40. The Labute approximate surface area is 95.0 Å². The summed E-state index contributed by atoms with van der Waals surface area (Å²) in [6, 6.07) is 0. The van der Waals surface area contributed by atoms with Crippen LogP contribution in [0.4, 0.5) is 0 Å². The second-order valence-electron chi connectivity index (χ2n) is 6.82. The monoisotopic (exact) mass is 213 g/mol. The van der Waals surface area contributed by atoms with Gasteiger partial charge in [-0.3, -0.25) is 4.90 Å². The van der Waals surface area contributed by atoms with Crippen LogP contribution in [-0.2, 0) is 4.74 Å². The fourth-order valence-electron chi connectivity index (χ4n) is 2.39. The van der Waals surface area contributed by atoms with Crippen molar-refractivity contribution in [1.29, 1.82) is 0 Å². The Kier molecular flexibility index (Phi) is 3.52. The first-order valence-corrected chi connectivity index (χ1v) is 5.94. The van der Waals surface area contributed by atoms with Crippen molar-refractivity contribution in [3.8, 4) is 0 Å². The summed E-state index contributed by atoms with van der Waals surface area (Å²) in [6.07, 6.45) is 0.393. The minimum atomic E-state index is 0.261. The van der Waals surface area contributed by atoms with Crippen LogP contribution < -0.4 is 0 Å². The van der Waals surface area contributed by atoms with Gasteiger partial charge in [-0.25, -0.2) is 0 Å². The zero-order chi connectivity index (χ0) is 11.9. The highest BCUT2D eigenvalue weighted by Crippen LogP contribution is 2.37. The third kappa shape index (κ3) is 2.94. The second-order valence-corrected chi connectivity index (χ2v) is 6.82. The number of hydrogen-bond donors (Lipinski definition) is 0. The van der Waals surface area contributed by atoms with Gasteiger partial charge in [-0.15, -0.1) is 0 Å². The van der Waals surface area contributed by atoms with E-state index in [1.54, 1.807) is 0 Å². The smallest absolute Gasteiger partial charge is 0.0743 e. The number of hydrogen-bond acceptors (Lipinski definition) is 2.